The molecule has 2 nitrogen and oxygen atoms in total. The molecule has 76 valence electrons. The first-order chi connectivity index (χ1) is 6.18. The molecule has 0 radical (unpaired) electrons. The van der Waals surface area contributed by atoms with E-state index in [-0.39, 0.29) is 0 Å². The first-order valence-corrected chi connectivity index (χ1v) is 5.69. The van der Waals surface area contributed by atoms with E-state index < -0.39 is 0 Å². The lowest BCUT2D eigenvalue weighted by atomic mass is 9.86. The summed E-state index contributed by atoms with van der Waals surface area (Å²) < 4.78 is 0. The van der Waals surface area contributed by atoms with Crippen molar-refractivity contribution in [2.75, 3.05) is 6.54 Å². The highest BCUT2D eigenvalue weighted by Gasteiger charge is 2.37. The third kappa shape index (κ3) is 2.68. The van der Waals surface area contributed by atoms with Crippen LogP contribution in [0.4, 0.5) is 0 Å². The Morgan fingerprint density at radius 2 is 2.15 bits per heavy atom. The summed E-state index contributed by atoms with van der Waals surface area (Å²) >= 11 is 0. The van der Waals surface area contributed by atoms with Crippen molar-refractivity contribution in [2.45, 2.75) is 57.0 Å². The van der Waals surface area contributed by atoms with Crippen LogP contribution in [0, 0.1) is 5.92 Å². The maximum absolute atomic E-state index is 5.95. The maximum atomic E-state index is 5.95. The number of nitrogens with one attached hydrogen (secondary N) is 1. The quantitative estimate of drug-likeness (QED) is 0.696. The molecule has 2 aliphatic carbocycles. The summed E-state index contributed by atoms with van der Waals surface area (Å²) in [5.41, 5.74) is 6.45. The zero-order valence-electron chi connectivity index (χ0n) is 8.68. The Labute approximate surface area is 81.3 Å². The highest BCUT2D eigenvalue weighted by molar-refractivity contribution is 4.97. The maximum Gasteiger partial charge on any atom is 0.0154 e. The fourth-order valence-electron chi connectivity index (χ4n) is 2.27. The van der Waals surface area contributed by atoms with Gasteiger partial charge in [0, 0.05) is 11.6 Å². The van der Waals surface area contributed by atoms with Gasteiger partial charge in [0.15, 0.2) is 0 Å². The van der Waals surface area contributed by atoms with Crippen molar-refractivity contribution in [1.82, 2.24) is 5.32 Å². The summed E-state index contributed by atoms with van der Waals surface area (Å²) in [7, 11) is 0. The van der Waals surface area contributed by atoms with Crippen molar-refractivity contribution in [3.63, 3.8) is 0 Å². The number of hydrogen-bond donors (Lipinski definition) is 2. The van der Waals surface area contributed by atoms with Gasteiger partial charge in [-0.3, -0.25) is 0 Å². The van der Waals surface area contributed by atoms with E-state index in [4.69, 9.17) is 5.73 Å². The van der Waals surface area contributed by atoms with Crippen LogP contribution in [0.15, 0.2) is 0 Å². The van der Waals surface area contributed by atoms with Crippen LogP contribution >= 0.6 is 0 Å². The number of hydrogen-bond acceptors (Lipinski definition) is 2. The fourth-order valence-corrected chi connectivity index (χ4v) is 2.27. The van der Waals surface area contributed by atoms with E-state index in [2.05, 4.69) is 12.2 Å². The second kappa shape index (κ2) is 3.58. The molecular formula is C11H22N2. The normalized spacial score (nSPS) is 37.4. The third-order valence-electron chi connectivity index (χ3n) is 3.64. The summed E-state index contributed by atoms with van der Waals surface area (Å²) in [6.45, 7) is 3.53. The second-order valence-corrected chi connectivity index (χ2v) is 5.23. The molecule has 0 aromatic carbocycles. The zero-order valence-corrected chi connectivity index (χ0v) is 8.68. The molecule has 2 heteroatoms. The average molecular weight is 182 g/mol. The minimum atomic E-state index is 0.479. The van der Waals surface area contributed by atoms with E-state index in [0.717, 1.165) is 5.92 Å². The average Bonchev–Trinajstić information content (AvgIpc) is 2.82. The Morgan fingerprint density at radius 3 is 2.77 bits per heavy atom. The molecule has 2 unspecified atom stereocenters. The van der Waals surface area contributed by atoms with Gasteiger partial charge in [0.05, 0.1) is 0 Å². The molecule has 2 saturated carbocycles. The van der Waals surface area contributed by atoms with Gasteiger partial charge in [-0.1, -0.05) is 6.42 Å². The van der Waals surface area contributed by atoms with Gasteiger partial charge in [-0.25, -0.2) is 0 Å². The van der Waals surface area contributed by atoms with E-state index in [1.807, 2.05) is 0 Å². The van der Waals surface area contributed by atoms with Crippen molar-refractivity contribution in [3.05, 3.63) is 0 Å². The molecule has 0 saturated heterocycles. The molecule has 0 bridgehead atoms. The largest absolute Gasteiger partial charge is 0.328 e. The van der Waals surface area contributed by atoms with Gasteiger partial charge in [-0.2, -0.15) is 0 Å². The van der Waals surface area contributed by atoms with Gasteiger partial charge in [-0.15, -0.1) is 0 Å². The lowest BCUT2D eigenvalue weighted by molar-refractivity contribution is 0.299. The second-order valence-electron chi connectivity index (χ2n) is 5.23. The predicted molar refractivity (Wildman–Crippen MR) is 55.6 cm³/mol. The Hall–Kier alpha value is -0.0800. The summed E-state index contributed by atoms with van der Waals surface area (Å²) in [5.74, 6) is 0.848. The molecule has 0 amide bonds. The van der Waals surface area contributed by atoms with Crippen LogP contribution in [0.25, 0.3) is 0 Å². The van der Waals surface area contributed by atoms with Crippen molar-refractivity contribution < 1.29 is 0 Å². The van der Waals surface area contributed by atoms with Crippen LogP contribution in [0.3, 0.4) is 0 Å². The molecule has 0 aromatic heterocycles. The highest BCUT2D eigenvalue weighted by Crippen LogP contribution is 2.35. The minimum absolute atomic E-state index is 0.479. The van der Waals surface area contributed by atoms with Crippen LogP contribution in [-0.4, -0.2) is 18.1 Å². The lowest BCUT2D eigenvalue weighted by Gasteiger charge is -2.28. The molecule has 0 aromatic rings. The zero-order chi connectivity index (χ0) is 9.31. The van der Waals surface area contributed by atoms with Crippen LogP contribution in [0.5, 0.6) is 0 Å². The van der Waals surface area contributed by atoms with Crippen molar-refractivity contribution in [2.24, 2.45) is 11.7 Å². The van der Waals surface area contributed by atoms with E-state index in [0.29, 0.717) is 11.6 Å². The standard InChI is InChI=1S/C11H22N2/c1-11(5-6-11)13-8-9-3-2-4-10(12)7-9/h9-10,13H,2-8,12H2,1H3. The smallest absolute Gasteiger partial charge is 0.0154 e. The van der Waals surface area contributed by atoms with E-state index in [1.165, 1.54) is 45.1 Å². The molecule has 0 spiro atoms. The summed E-state index contributed by atoms with van der Waals surface area (Å²) in [6.07, 6.45) is 7.94. The predicted octanol–water partition coefficient (Wildman–Crippen LogP) is 1.65. The van der Waals surface area contributed by atoms with E-state index in [9.17, 15) is 0 Å². The Bertz CT molecular complexity index is 175. The summed E-state index contributed by atoms with van der Waals surface area (Å²) in [4.78, 5) is 0. The van der Waals surface area contributed by atoms with Gasteiger partial charge in [0.2, 0.25) is 0 Å². The fraction of sp³-hybridized carbons (Fsp3) is 1.00. The monoisotopic (exact) mass is 182 g/mol. The number of nitrogens with two attached hydrogens (primary N) is 1. The van der Waals surface area contributed by atoms with Gasteiger partial charge < -0.3 is 11.1 Å². The van der Waals surface area contributed by atoms with Gasteiger partial charge in [-0.05, 0) is 51.5 Å². The molecule has 13 heavy (non-hydrogen) atoms. The molecule has 0 heterocycles. The SMILES string of the molecule is CC1(NCC2CCCC(N)C2)CC1. The third-order valence-corrected chi connectivity index (χ3v) is 3.64. The van der Waals surface area contributed by atoms with Crippen LogP contribution in [0.2, 0.25) is 0 Å². The topological polar surface area (TPSA) is 38.0 Å². The Kier molecular flexibility index (Phi) is 2.61. The van der Waals surface area contributed by atoms with Crippen LogP contribution < -0.4 is 11.1 Å². The number of rotatable bonds is 3. The first-order valence-electron chi connectivity index (χ1n) is 5.69. The van der Waals surface area contributed by atoms with E-state index >= 15 is 0 Å². The van der Waals surface area contributed by atoms with Crippen LogP contribution in [-0.2, 0) is 0 Å². The molecule has 2 fully saturated rings. The molecule has 2 rings (SSSR count). The highest BCUT2D eigenvalue weighted by atomic mass is 15.0. The molecule has 2 atom stereocenters. The van der Waals surface area contributed by atoms with Gasteiger partial charge >= 0.3 is 0 Å². The molecule has 3 N–H and O–H groups in total. The van der Waals surface area contributed by atoms with Crippen molar-refractivity contribution >= 4 is 0 Å². The molecular weight excluding hydrogens is 160 g/mol. The van der Waals surface area contributed by atoms with Gasteiger partial charge in [0.1, 0.15) is 0 Å². The Balaban J connectivity index is 1.68. The van der Waals surface area contributed by atoms with E-state index in [1.54, 1.807) is 0 Å². The first kappa shape index (κ1) is 9.47. The summed E-state index contributed by atoms with van der Waals surface area (Å²) in [6, 6.07) is 0.479. The molecule has 2 aliphatic rings. The van der Waals surface area contributed by atoms with Crippen molar-refractivity contribution in [1.29, 1.82) is 0 Å². The minimum Gasteiger partial charge on any atom is -0.328 e. The van der Waals surface area contributed by atoms with Crippen molar-refractivity contribution in [3.8, 4) is 0 Å². The summed E-state index contributed by atoms with van der Waals surface area (Å²) in [5, 5.41) is 3.67. The molecule has 0 aliphatic heterocycles. The Morgan fingerprint density at radius 1 is 1.38 bits per heavy atom. The van der Waals surface area contributed by atoms with Gasteiger partial charge in [0.25, 0.3) is 0 Å². The van der Waals surface area contributed by atoms with Crippen LogP contribution in [0.1, 0.15) is 45.4 Å². The lowest BCUT2D eigenvalue weighted by Crippen LogP contribution is -2.37.